The molecule has 1 saturated heterocycles. The number of hydrogen-bond acceptors (Lipinski definition) is 6. The minimum absolute atomic E-state index is 0.123. The Morgan fingerprint density at radius 1 is 1.21 bits per heavy atom. The first-order valence-electron chi connectivity index (χ1n) is 11.0. The molecule has 1 unspecified atom stereocenters. The lowest BCUT2D eigenvalue weighted by Gasteiger charge is -2.31. The van der Waals surface area contributed by atoms with Crippen LogP contribution in [0.25, 0.3) is 5.69 Å². The van der Waals surface area contributed by atoms with Gasteiger partial charge in [0, 0.05) is 19.6 Å². The number of halogens is 1. The third-order valence-corrected chi connectivity index (χ3v) is 6.54. The number of benzene rings is 2. The van der Waals surface area contributed by atoms with Gasteiger partial charge in [-0.15, -0.1) is 5.10 Å². The Morgan fingerprint density at radius 3 is 2.70 bits per heavy atom. The normalized spacial score (nSPS) is 17.4. The van der Waals surface area contributed by atoms with Crippen molar-refractivity contribution in [2.24, 2.45) is 5.14 Å². The van der Waals surface area contributed by atoms with Gasteiger partial charge in [0.05, 0.1) is 17.5 Å². The smallest absolute Gasteiger partial charge is 0.238 e. The van der Waals surface area contributed by atoms with E-state index in [9.17, 15) is 12.8 Å². The number of sulfonamides is 1. The summed E-state index contributed by atoms with van der Waals surface area (Å²) >= 11 is 0. The third kappa shape index (κ3) is 5.83. The van der Waals surface area contributed by atoms with Crippen LogP contribution in [0.1, 0.15) is 37.0 Å². The minimum atomic E-state index is -4.01. The molecular weight excluding hydrogens is 445 g/mol. The predicted molar refractivity (Wildman–Crippen MR) is 122 cm³/mol. The maximum atomic E-state index is 15.0. The van der Waals surface area contributed by atoms with Gasteiger partial charge in [0.1, 0.15) is 17.3 Å². The van der Waals surface area contributed by atoms with Crippen LogP contribution >= 0.6 is 0 Å². The van der Waals surface area contributed by atoms with Crippen LogP contribution in [0.2, 0.25) is 0 Å². The maximum Gasteiger partial charge on any atom is 0.238 e. The fourth-order valence-corrected chi connectivity index (χ4v) is 4.63. The molecule has 1 aliphatic heterocycles. The monoisotopic (exact) mass is 473 g/mol. The van der Waals surface area contributed by atoms with Crippen LogP contribution in [0.5, 0.6) is 0 Å². The van der Waals surface area contributed by atoms with Crippen LogP contribution in [0.3, 0.4) is 0 Å². The summed E-state index contributed by atoms with van der Waals surface area (Å²) in [6.07, 6.45) is 2.71. The van der Waals surface area contributed by atoms with Gasteiger partial charge >= 0.3 is 0 Å². The van der Waals surface area contributed by atoms with Crippen LogP contribution in [-0.4, -0.2) is 53.9 Å². The second-order valence-electron chi connectivity index (χ2n) is 8.13. The van der Waals surface area contributed by atoms with Gasteiger partial charge in [-0.05, 0) is 50.1 Å². The molecule has 1 fully saturated rings. The highest BCUT2D eigenvalue weighted by Gasteiger charge is 2.23. The van der Waals surface area contributed by atoms with Gasteiger partial charge in [0.15, 0.2) is 5.82 Å². The average molecular weight is 474 g/mol. The first kappa shape index (κ1) is 23.5. The first-order valence-corrected chi connectivity index (χ1v) is 12.5. The Kier molecular flexibility index (Phi) is 7.18. The summed E-state index contributed by atoms with van der Waals surface area (Å²) in [5.74, 6) is 0.409. The summed E-state index contributed by atoms with van der Waals surface area (Å²) in [6.45, 7) is 4.92. The van der Waals surface area contributed by atoms with E-state index in [1.165, 1.54) is 16.8 Å². The number of rotatable bonds is 8. The molecule has 4 rings (SSSR count). The second kappa shape index (κ2) is 10.1. The topological polar surface area (TPSA) is 103 Å². The van der Waals surface area contributed by atoms with E-state index in [0.717, 1.165) is 37.6 Å². The summed E-state index contributed by atoms with van der Waals surface area (Å²) in [6, 6.07) is 13.3. The van der Waals surface area contributed by atoms with E-state index in [2.05, 4.69) is 10.00 Å². The number of nitrogens with two attached hydrogens (primary N) is 1. The quantitative estimate of drug-likeness (QED) is 0.540. The van der Waals surface area contributed by atoms with Crippen molar-refractivity contribution in [1.29, 1.82) is 0 Å². The van der Waals surface area contributed by atoms with E-state index < -0.39 is 15.8 Å². The van der Waals surface area contributed by atoms with Crippen LogP contribution < -0.4 is 5.14 Å². The van der Waals surface area contributed by atoms with Gasteiger partial charge in [0.25, 0.3) is 0 Å². The molecule has 0 bridgehead atoms. The molecule has 176 valence electrons. The molecule has 0 aliphatic carbocycles. The molecule has 10 heteroatoms. The summed E-state index contributed by atoms with van der Waals surface area (Å²) in [7, 11) is -4.01. The van der Waals surface area contributed by atoms with Crippen LogP contribution in [0.4, 0.5) is 4.39 Å². The first-order chi connectivity index (χ1) is 15.8. The maximum absolute atomic E-state index is 15.0. The molecule has 0 saturated carbocycles. The van der Waals surface area contributed by atoms with Crippen LogP contribution in [0.15, 0.2) is 53.4 Å². The highest BCUT2D eigenvalue weighted by Crippen LogP contribution is 2.21. The van der Waals surface area contributed by atoms with Gasteiger partial charge in [-0.2, -0.15) is 0 Å². The van der Waals surface area contributed by atoms with E-state index in [4.69, 9.17) is 14.9 Å². The molecule has 33 heavy (non-hydrogen) atoms. The summed E-state index contributed by atoms with van der Waals surface area (Å²) in [5.41, 5.74) is 1.13. The van der Waals surface area contributed by atoms with Crippen LogP contribution in [-0.2, 0) is 27.7 Å². The van der Waals surface area contributed by atoms with Crippen molar-refractivity contribution in [1.82, 2.24) is 19.7 Å². The Hall–Kier alpha value is -2.66. The molecule has 1 aromatic heterocycles. The molecule has 3 aromatic rings. The van der Waals surface area contributed by atoms with Crippen molar-refractivity contribution in [2.75, 3.05) is 19.7 Å². The van der Waals surface area contributed by atoms with Crippen molar-refractivity contribution in [2.45, 2.75) is 43.7 Å². The number of primary sulfonamides is 1. The highest BCUT2D eigenvalue weighted by atomic mass is 32.2. The minimum Gasteiger partial charge on any atom is -0.377 e. The number of likely N-dealkylation sites (tertiary alicyclic amines) is 1. The fraction of sp³-hybridized carbons (Fsp3) is 0.391. The van der Waals surface area contributed by atoms with E-state index in [-0.39, 0.29) is 16.7 Å². The van der Waals surface area contributed by atoms with Crippen LogP contribution in [0, 0.1) is 5.82 Å². The number of piperidine rings is 1. The molecule has 8 nitrogen and oxygen atoms in total. The zero-order valence-corrected chi connectivity index (χ0v) is 19.3. The van der Waals surface area contributed by atoms with Gasteiger partial charge in [0.2, 0.25) is 10.0 Å². The van der Waals surface area contributed by atoms with E-state index >= 15 is 0 Å². The lowest BCUT2D eigenvalue weighted by atomic mass is 10.1. The molecule has 0 amide bonds. The number of nitrogens with zero attached hydrogens (tertiary/aromatic N) is 4. The molecule has 0 spiro atoms. The van der Waals surface area contributed by atoms with Crippen molar-refractivity contribution >= 4 is 10.0 Å². The predicted octanol–water partition coefficient (Wildman–Crippen LogP) is 2.65. The lowest BCUT2D eigenvalue weighted by Crippen LogP contribution is -2.39. The number of ether oxygens (including phenoxy) is 1. The largest absolute Gasteiger partial charge is 0.377 e. The van der Waals surface area contributed by atoms with Crippen molar-refractivity contribution in [3.8, 4) is 5.69 Å². The summed E-state index contributed by atoms with van der Waals surface area (Å²) < 4.78 is 45.4. The number of hydrogen-bond donors (Lipinski definition) is 1. The lowest BCUT2D eigenvalue weighted by molar-refractivity contribution is 0.00297. The summed E-state index contributed by atoms with van der Waals surface area (Å²) in [4.78, 5) is 6.68. The van der Waals surface area contributed by atoms with Gasteiger partial charge < -0.3 is 4.74 Å². The SMILES string of the molecule is CCOC1CCCN(Cc2nc(Cc3ccccc3)n(-c3ccc(S(N)(=O)=O)cc3F)n2)C1. The molecule has 1 atom stereocenters. The Labute approximate surface area is 193 Å². The van der Waals surface area contributed by atoms with E-state index in [1.807, 2.05) is 37.3 Å². The summed E-state index contributed by atoms with van der Waals surface area (Å²) in [5, 5.41) is 9.74. The molecule has 2 N–H and O–H groups in total. The molecule has 2 aromatic carbocycles. The van der Waals surface area contributed by atoms with Gasteiger partial charge in [-0.3, -0.25) is 4.90 Å². The highest BCUT2D eigenvalue weighted by molar-refractivity contribution is 7.89. The van der Waals surface area contributed by atoms with Crippen molar-refractivity contribution in [3.05, 3.63) is 71.6 Å². The Morgan fingerprint density at radius 2 is 2.00 bits per heavy atom. The van der Waals surface area contributed by atoms with E-state index in [0.29, 0.717) is 31.2 Å². The third-order valence-electron chi connectivity index (χ3n) is 5.63. The second-order valence-corrected chi connectivity index (χ2v) is 9.69. The molecule has 1 aliphatic rings. The zero-order valence-electron chi connectivity index (χ0n) is 18.5. The molecule has 0 radical (unpaired) electrons. The molecular formula is C23H28FN5O3S. The Bertz CT molecular complexity index is 1200. The van der Waals surface area contributed by atoms with Crippen molar-refractivity contribution in [3.63, 3.8) is 0 Å². The number of aromatic nitrogens is 3. The van der Waals surface area contributed by atoms with E-state index in [1.54, 1.807) is 0 Å². The van der Waals surface area contributed by atoms with Gasteiger partial charge in [-0.1, -0.05) is 30.3 Å². The standard InChI is InChI=1S/C23H28FN5O3S/c1-2-32-18-9-6-12-28(15-18)16-22-26-23(13-17-7-4-3-5-8-17)29(27-22)21-11-10-19(14-20(21)24)33(25,30)31/h3-5,7-8,10-11,14,18H,2,6,9,12-13,15-16H2,1H3,(H2,25,30,31). The van der Waals surface area contributed by atoms with Crippen molar-refractivity contribution < 1.29 is 17.5 Å². The van der Waals surface area contributed by atoms with Gasteiger partial charge in [-0.25, -0.2) is 27.6 Å². The molecule has 2 heterocycles. The average Bonchev–Trinajstić information content (AvgIpc) is 3.16. The zero-order chi connectivity index (χ0) is 23.4. The fourth-order valence-electron chi connectivity index (χ4n) is 4.11. The Balaban J connectivity index is 1.66.